The number of fused-ring (bicyclic) bond motifs is 1. The quantitative estimate of drug-likeness (QED) is 0.149. The monoisotopic (exact) mass is 648 g/mol. The number of methoxy groups -OCH3 is 1. The summed E-state index contributed by atoms with van der Waals surface area (Å²) in [6.45, 7) is 2.73. The predicted octanol–water partition coefficient (Wildman–Crippen LogP) is 5.25. The summed E-state index contributed by atoms with van der Waals surface area (Å²) >= 11 is 0. The molecule has 2 aliphatic rings. The van der Waals surface area contributed by atoms with Gasteiger partial charge < -0.3 is 23.3 Å². The maximum absolute atomic E-state index is 13.2. The van der Waals surface area contributed by atoms with Crippen molar-refractivity contribution in [3.8, 4) is 11.5 Å². The number of anilines is 1. The molecule has 2 atom stereocenters. The van der Waals surface area contributed by atoms with Crippen LogP contribution in [0.4, 0.5) is 18.9 Å². The molecular weight excluding hydrogens is 613 g/mol. The summed E-state index contributed by atoms with van der Waals surface area (Å²) in [5, 5.41) is 0. The van der Waals surface area contributed by atoms with Crippen LogP contribution < -0.4 is 13.8 Å². The first kappa shape index (κ1) is 32.7. The summed E-state index contributed by atoms with van der Waals surface area (Å²) in [5.41, 5.74) is -2.74. The summed E-state index contributed by atoms with van der Waals surface area (Å²) in [4.78, 5) is 16.5. The van der Waals surface area contributed by atoms with Gasteiger partial charge in [-0.05, 0) is 48.7 Å². The van der Waals surface area contributed by atoms with Crippen LogP contribution in [-0.4, -0.2) is 70.8 Å². The number of ether oxygens (including phenoxy) is 3. The van der Waals surface area contributed by atoms with Gasteiger partial charge in [0.05, 0.1) is 18.4 Å². The van der Waals surface area contributed by atoms with Crippen molar-refractivity contribution < 1.29 is 44.8 Å². The second kappa shape index (κ2) is 14.2. The molecular formula is C32H35F3N2O7S. The molecule has 5 rings (SSSR count). The summed E-state index contributed by atoms with van der Waals surface area (Å²) < 4.78 is 85.3. The van der Waals surface area contributed by atoms with E-state index in [0.29, 0.717) is 62.6 Å². The smallest absolute Gasteiger partial charge is 0.482 e. The van der Waals surface area contributed by atoms with Gasteiger partial charge in [0.15, 0.2) is 6.61 Å². The van der Waals surface area contributed by atoms with E-state index in [0.717, 1.165) is 11.1 Å². The topological polar surface area (TPSA) is 94.6 Å². The minimum Gasteiger partial charge on any atom is -0.482 e. The number of piperidine rings is 1. The van der Waals surface area contributed by atoms with Crippen LogP contribution in [0.15, 0.2) is 72.8 Å². The lowest BCUT2D eigenvalue weighted by atomic mass is 9.86. The van der Waals surface area contributed by atoms with E-state index in [9.17, 15) is 26.4 Å². The van der Waals surface area contributed by atoms with E-state index in [4.69, 9.17) is 14.2 Å². The van der Waals surface area contributed by atoms with E-state index in [1.54, 1.807) is 30.2 Å². The number of carbonyl (C=O) groups excluding carboxylic acids is 1. The molecule has 0 aromatic heterocycles. The number of hydrogen-bond donors (Lipinski definition) is 0. The van der Waals surface area contributed by atoms with Gasteiger partial charge in [-0.25, -0.2) is 0 Å². The molecule has 2 unspecified atom stereocenters. The number of rotatable bonds is 12. The Morgan fingerprint density at radius 3 is 2.51 bits per heavy atom. The maximum atomic E-state index is 13.2. The third-order valence-electron chi connectivity index (χ3n) is 7.85. The number of nitrogens with zero attached hydrogens (tertiary/aromatic N) is 2. The molecule has 0 aliphatic carbocycles. The Kier molecular flexibility index (Phi) is 10.3. The Labute approximate surface area is 260 Å². The van der Waals surface area contributed by atoms with Crippen LogP contribution in [-0.2, 0) is 37.5 Å². The first-order valence-electron chi connectivity index (χ1n) is 14.6. The van der Waals surface area contributed by atoms with Crippen LogP contribution in [0, 0.1) is 0 Å². The Hall–Kier alpha value is -3.65. The lowest BCUT2D eigenvalue weighted by molar-refractivity contribution is -0.121. The fourth-order valence-corrected chi connectivity index (χ4v) is 6.15. The number of alkyl halides is 3. The lowest BCUT2D eigenvalue weighted by Gasteiger charge is -2.39. The van der Waals surface area contributed by atoms with Crippen LogP contribution in [0.1, 0.15) is 35.4 Å². The Balaban J connectivity index is 1.39. The minimum absolute atomic E-state index is 0.0532. The molecule has 13 heteroatoms. The zero-order valence-corrected chi connectivity index (χ0v) is 25.6. The highest BCUT2D eigenvalue weighted by molar-refractivity contribution is 7.88. The van der Waals surface area contributed by atoms with Gasteiger partial charge >= 0.3 is 15.6 Å². The minimum atomic E-state index is -5.87. The van der Waals surface area contributed by atoms with Crippen molar-refractivity contribution >= 4 is 21.7 Å². The number of para-hydroxylation sites is 1. The first-order chi connectivity index (χ1) is 21.6. The third-order valence-corrected chi connectivity index (χ3v) is 8.82. The molecule has 1 fully saturated rings. The fourth-order valence-electron chi connectivity index (χ4n) is 5.67. The molecule has 1 amide bonds. The van der Waals surface area contributed by atoms with Gasteiger partial charge in [-0.3, -0.25) is 9.69 Å². The van der Waals surface area contributed by atoms with E-state index in [2.05, 4.69) is 9.08 Å². The molecule has 0 radical (unpaired) electrons. The van der Waals surface area contributed by atoms with Gasteiger partial charge in [0.2, 0.25) is 0 Å². The fraction of sp³-hybridized carbons (Fsp3) is 0.406. The highest BCUT2D eigenvalue weighted by Gasteiger charge is 2.49. The van der Waals surface area contributed by atoms with Gasteiger partial charge in [0, 0.05) is 44.8 Å². The highest BCUT2D eigenvalue weighted by atomic mass is 32.2. The van der Waals surface area contributed by atoms with E-state index < -0.39 is 27.6 Å². The van der Waals surface area contributed by atoms with E-state index in [1.807, 2.05) is 42.5 Å². The Morgan fingerprint density at radius 2 is 1.76 bits per heavy atom. The van der Waals surface area contributed by atoms with Gasteiger partial charge in [0.1, 0.15) is 11.5 Å². The molecule has 3 aromatic rings. The molecule has 2 heterocycles. The predicted molar refractivity (Wildman–Crippen MR) is 160 cm³/mol. The van der Waals surface area contributed by atoms with Crippen LogP contribution in [0.2, 0.25) is 0 Å². The third kappa shape index (κ3) is 7.96. The molecule has 2 aliphatic heterocycles. The van der Waals surface area contributed by atoms with Crippen molar-refractivity contribution in [3.05, 3.63) is 89.5 Å². The standard InChI is InChI=1S/C32H35F3N2O7S/c1-41-17-7-15-37-27-18-24(12-13-29(27)43-22-31(37)38)21-42-30-20-36(19-23-8-3-2-4-9-23)16-14-26(30)25-10-5-6-11-28(25)44-45(39,40)32(33,34)35/h2-6,8-13,18,26,30H,7,14-17,19-22H2,1H3. The zero-order chi connectivity index (χ0) is 32.0. The van der Waals surface area contributed by atoms with Crippen LogP contribution >= 0.6 is 0 Å². The number of hydrogen-bond acceptors (Lipinski definition) is 8. The molecule has 0 bridgehead atoms. The van der Waals surface area contributed by atoms with E-state index in [1.165, 1.54) is 12.1 Å². The van der Waals surface area contributed by atoms with Crippen molar-refractivity contribution in [1.29, 1.82) is 0 Å². The first-order valence-corrected chi connectivity index (χ1v) is 16.0. The molecule has 0 saturated carbocycles. The number of halogens is 3. The zero-order valence-electron chi connectivity index (χ0n) is 24.7. The van der Waals surface area contributed by atoms with Gasteiger partial charge in [-0.2, -0.15) is 21.6 Å². The summed E-state index contributed by atoms with van der Waals surface area (Å²) in [6, 6.07) is 21.2. The Bertz CT molecular complexity index is 1570. The second-order valence-electron chi connectivity index (χ2n) is 11.0. The van der Waals surface area contributed by atoms with Crippen molar-refractivity contribution in [1.82, 2.24) is 4.90 Å². The second-order valence-corrected chi connectivity index (χ2v) is 12.5. The molecule has 3 aromatic carbocycles. The lowest BCUT2D eigenvalue weighted by Crippen LogP contribution is -2.44. The van der Waals surface area contributed by atoms with E-state index >= 15 is 0 Å². The average Bonchev–Trinajstić information content (AvgIpc) is 3.01. The largest absolute Gasteiger partial charge is 0.534 e. The number of likely N-dealkylation sites (tertiary alicyclic amines) is 1. The molecule has 242 valence electrons. The maximum Gasteiger partial charge on any atom is 0.534 e. The Morgan fingerprint density at radius 1 is 1.00 bits per heavy atom. The molecule has 0 spiro atoms. The summed E-state index contributed by atoms with van der Waals surface area (Å²) in [5.74, 6) is -0.408. The summed E-state index contributed by atoms with van der Waals surface area (Å²) in [6.07, 6.45) is 0.617. The number of amides is 1. The van der Waals surface area contributed by atoms with Crippen molar-refractivity contribution in [2.45, 2.75) is 43.5 Å². The number of carbonyl (C=O) groups is 1. The molecule has 1 saturated heterocycles. The van der Waals surface area contributed by atoms with Gasteiger partial charge in [-0.15, -0.1) is 0 Å². The van der Waals surface area contributed by atoms with Crippen molar-refractivity contribution in [3.63, 3.8) is 0 Å². The van der Waals surface area contributed by atoms with Crippen LogP contribution in [0.25, 0.3) is 0 Å². The molecule has 9 nitrogen and oxygen atoms in total. The van der Waals surface area contributed by atoms with Crippen molar-refractivity contribution in [2.75, 3.05) is 44.9 Å². The van der Waals surface area contributed by atoms with Gasteiger partial charge in [-0.1, -0.05) is 54.6 Å². The average molecular weight is 649 g/mol. The molecule has 45 heavy (non-hydrogen) atoms. The van der Waals surface area contributed by atoms with Crippen LogP contribution in [0.5, 0.6) is 11.5 Å². The van der Waals surface area contributed by atoms with E-state index in [-0.39, 0.29) is 24.9 Å². The molecule has 0 N–H and O–H groups in total. The number of benzene rings is 3. The van der Waals surface area contributed by atoms with Crippen LogP contribution in [0.3, 0.4) is 0 Å². The highest BCUT2D eigenvalue weighted by Crippen LogP contribution is 2.39. The normalized spacial score (nSPS) is 19.2. The van der Waals surface area contributed by atoms with Gasteiger partial charge in [0.25, 0.3) is 5.91 Å². The SMILES string of the molecule is COCCCN1C(=O)COc2ccc(COC3CN(Cc4ccccc4)CCC3c3ccccc3OS(=O)(=O)C(F)(F)F)cc21. The van der Waals surface area contributed by atoms with Crippen molar-refractivity contribution in [2.24, 2.45) is 0 Å². The summed E-state index contributed by atoms with van der Waals surface area (Å²) in [7, 11) is -4.27.